The molecule has 8 heteroatoms. The van der Waals surface area contributed by atoms with Crippen LogP contribution in [0.5, 0.6) is 5.75 Å². The number of amides is 2. The molecule has 1 atom stereocenters. The second kappa shape index (κ2) is 7.49. The molecule has 1 rings (SSSR count). The van der Waals surface area contributed by atoms with Gasteiger partial charge >= 0.3 is 5.97 Å². The van der Waals surface area contributed by atoms with Gasteiger partial charge in [0.05, 0.1) is 18.1 Å². The Kier molecular flexibility index (Phi) is 5.70. The minimum atomic E-state index is -1.39. The molecule has 0 fully saturated rings. The van der Waals surface area contributed by atoms with Crippen molar-refractivity contribution in [1.82, 2.24) is 5.32 Å². The number of carbonyl (C=O) groups is 3. The summed E-state index contributed by atoms with van der Waals surface area (Å²) in [6.45, 7) is -0.422. The average Bonchev–Trinajstić information content (AvgIpc) is 2.44. The van der Waals surface area contributed by atoms with Crippen molar-refractivity contribution in [2.24, 2.45) is 5.73 Å². The lowest BCUT2D eigenvalue weighted by atomic mass is 10.2. The van der Waals surface area contributed by atoms with Crippen molar-refractivity contribution in [2.75, 3.05) is 6.61 Å². The van der Waals surface area contributed by atoms with Crippen LogP contribution in [0.4, 0.5) is 0 Å². The second-order valence-electron chi connectivity index (χ2n) is 4.05. The smallest absolute Gasteiger partial charge is 0.326 e. The molecule has 0 aliphatic carbocycles. The third-order valence-electron chi connectivity index (χ3n) is 2.39. The first-order valence-corrected chi connectivity index (χ1v) is 5.86. The highest BCUT2D eigenvalue weighted by atomic mass is 16.5. The van der Waals surface area contributed by atoms with Gasteiger partial charge in [-0.3, -0.25) is 9.59 Å². The van der Waals surface area contributed by atoms with Crippen LogP contribution < -0.4 is 15.8 Å². The number of nitrogens with one attached hydrogen (secondary N) is 1. The highest BCUT2D eigenvalue weighted by molar-refractivity contribution is 5.88. The maximum Gasteiger partial charge on any atom is 0.326 e. The number of nitriles is 1. The van der Waals surface area contributed by atoms with Gasteiger partial charge in [-0.25, -0.2) is 4.79 Å². The molecule has 1 aromatic carbocycles. The number of ether oxygens (including phenoxy) is 1. The van der Waals surface area contributed by atoms with E-state index in [9.17, 15) is 14.4 Å². The van der Waals surface area contributed by atoms with Gasteiger partial charge < -0.3 is 20.9 Å². The molecule has 2 amide bonds. The van der Waals surface area contributed by atoms with Gasteiger partial charge in [-0.15, -0.1) is 0 Å². The van der Waals surface area contributed by atoms with Gasteiger partial charge in [0.1, 0.15) is 11.8 Å². The molecule has 0 aromatic heterocycles. The number of hydrogen-bond acceptors (Lipinski definition) is 5. The Morgan fingerprint density at radius 2 is 1.95 bits per heavy atom. The normalized spacial score (nSPS) is 11.0. The van der Waals surface area contributed by atoms with Crippen molar-refractivity contribution in [3.05, 3.63) is 29.8 Å². The summed E-state index contributed by atoms with van der Waals surface area (Å²) in [4.78, 5) is 33.0. The summed E-state index contributed by atoms with van der Waals surface area (Å²) in [5.74, 6) is -2.55. The summed E-state index contributed by atoms with van der Waals surface area (Å²) in [6.07, 6.45) is -0.502. The van der Waals surface area contributed by atoms with Crippen LogP contribution >= 0.6 is 0 Å². The minimum absolute atomic E-state index is 0.353. The quantitative estimate of drug-likeness (QED) is 0.611. The van der Waals surface area contributed by atoms with E-state index >= 15 is 0 Å². The molecule has 0 heterocycles. The molecular weight excluding hydrogens is 278 g/mol. The maximum atomic E-state index is 11.5. The Morgan fingerprint density at radius 3 is 2.43 bits per heavy atom. The summed E-state index contributed by atoms with van der Waals surface area (Å²) in [7, 11) is 0. The molecule has 0 spiro atoms. The van der Waals surface area contributed by atoms with Gasteiger partial charge in [0, 0.05) is 0 Å². The Balaban J connectivity index is 2.50. The highest BCUT2D eigenvalue weighted by Crippen LogP contribution is 2.11. The summed E-state index contributed by atoms with van der Waals surface area (Å²) >= 11 is 0. The van der Waals surface area contributed by atoms with E-state index in [1.54, 1.807) is 0 Å². The highest BCUT2D eigenvalue weighted by Gasteiger charge is 2.22. The van der Waals surface area contributed by atoms with Crippen LogP contribution in [-0.4, -0.2) is 35.5 Å². The van der Waals surface area contributed by atoms with Gasteiger partial charge in [-0.1, -0.05) is 0 Å². The lowest BCUT2D eigenvalue weighted by molar-refractivity contribution is -0.143. The molecule has 21 heavy (non-hydrogen) atoms. The number of carboxylic acid groups (broad SMARTS) is 1. The van der Waals surface area contributed by atoms with Crippen LogP contribution in [0.3, 0.4) is 0 Å². The Hall–Kier alpha value is -3.08. The number of nitrogens with zero attached hydrogens (tertiary/aromatic N) is 1. The molecule has 0 aliphatic heterocycles. The summed E-state index contributed by atoms with van der Waals surface area (Å²) in [5.41, 5.74) is 5.33. The van der Waals surface area contributed by atoms with Crippen molar-refractivity contribution in [3.8, 4) is 11.8 Å². The third-order valence-corrected chi connectivity index (χ3v) is 2.39. The van der Waals surface area contributed by atoms with E-state index in [0.29, 0.717) is 11.3 Å². The summed E-state index contributed by atoms with van der Waals surface area (Å²) in [6, 6.07) is 6.58. The number of rotatable bonds is 7. The lowest BCUT2D eigenvalue weighted by Gasteiger charge is -2.13. The van der Waals surface area contributed by atoms with E-state index in [0.717, 1.165) is 0 Å². The molecule has 8 nitrogen and oxygen atoms in total. The van der Waals surface area contributed by atoms with E-state index < -0.39 is 36.9 Å². The monoisotopic (exact) mass is 291 g/mol. The zero-order chi connectivity index (χ0) is 15.8. The molecule has 0 bridgehead atoms. The van der Waals surface area contributed by atoms with Gasteiger partial charge in [-0.05, 0) is 24.3 Å². The van der Waals surface area contributed by atoms with Crippen molar-refractivity contribution >= 4 is 17.8 Å². The largest absolute Gasteiger partial charge is 0.484 e. The number of hydrogen-bond donors (Lipinski definition) is 3. The van der Waals surface area contributed by atoms with Crippen LogP contribution in [0.1, 0.15) is 12.0 Å². The number of benzene rings is 1. The van der Waals surface area contributed by atoms with E-state index in [1.807, 2.05) is 6.07 Å². The Labute approximate surface area is 120 Å². The molecule has 110 valence electrons. The number of nitrogens with two attached hydrogens (primary N) is 1. The lowest BCUT2D eigenvalue weighted by Crippen LogP contribution is -2.45. The predicted molar refractivity (Wildman–Crippen MR) is 70.0 cm³/mol. The fraction of sp³-hybridized carbons (Fsp3) is 0.231. The van der Waals surface area contributed by atoms with Gasteiger partial charge in [0.2, 0.25) is 5.91 Å². The molecule has 0 saturated heterocycles. The fourth-order valence-electron chi connectivity index (χ4n) is 1.41. The topological polar surface area (TPSA) is 143 Å². The molecule has 1 aromatic rings. The predicted octanol–water partition coefficient (Wildman–Crippen LogP) is -0.618. The Morgan fingerprint density at radius 1 is 1.33 bits per heavy atom. The molecule has 0 aliphatic rings. The standard InChI is InChI=1S/C13H13N3O5/c14-6-8-1-3-9(4-2-8)21-7-12(18)16-10(13(19)20)5-11(15)17/h1-4,10H,5,7H2,(H2,15,17)(H,16,18)(H,19,20)/t10-/m0/s1. The van der Waals surface area contributed by atoms with Crippen LogP contribution in [0.2, 0.25) is 0 Å². The van der Waals surface area contributed by atoms with Gasteiger partial charge in [0.25, 0.3) is 5.91 Å². The minimum Gasteiger partial charge on any atom is -0.484 e. The van der Waals surface area contributed by atoms with Crippen LogP contribution in [0, 0.1) is 11.3 Å². The number of carboxylic acids is 1. The van der Waals surface area contributed by atoms with Gasteiger partial charge in [0.15, 0.2) is 6.61 Å². The van der Waals surface area contributed by atoms with Crippen molar-refractivity contribution in [3.63, 3.8) is 0 Å². The average molecular weight is 291 g/mol. The van der Waals surface area contributed by atoms with Crippen LogP contribution in [0.25, 0.3) is 0 Å². The zero-order valence-corrected chi connectivity index (χ0v) is 10.9. The number of carbonyl (C=O) groups excluding carboxylic acids is 2. The summed E-state index contributed by atoms with van der Waals surface area (Å²) in [5, 5.41) is 19.6. The zero-order valence-electron chi connectivity index (χ0n) is 10.9. The first-order chi connectivity index (χ1) is 9.92. The Bertz CT molecular complexity index is 576. The van der Waals surface area contributed by atoms with Crippen LogP contribution in [-0.2, 0) is 14.4 Å². The van der Waals surface area contributed by atoms with E-state index in [1.165, 1.54) is 24.3 Å². The SMILES string of the molecule is N#Cc1ccc(OCC(=O)N[C@@H](CC(N)=O)C(=O)O)cc1. The second-order valence-corrected chi connectivity index (χ2v) is 4.05. The van der Waals surface area contributed by atoms with E-state index in [2.05, 4.69) is 5.32 Å². The first kappa shape index (κ1) is 16.0. The number of primary amides is 1. The molecule has 0 saturated carbocycles. The number of aliphatic carboxylic acids is 1. The fourth-order valence-corrected chi connectivity index (χ4v) is 1.41. The molecule has 4 N–H and O–H groups in total. The van der Waals surface area contributed by atoms with Crippen molar-refractivity contribution in [1.29, 1.82) is 5.26 Å². The maximum absolute atomic E-state index is 11.5. The third kappa shape index (κ3) is 5.61. The van der Waals surface area contributed by atoms with E-state index in [4.69, 9.17) is 20.8 Å². The molecule has 0 unspecified atom stereocenters. The first-order valence-electron chi connectivity index (χ1n) is 5.86. The molecular formula is C13H13N3O5. The van der Waals surface area contributed by atoms with Crippen LogP contribution in [0.15, 0.2) is 24.3 Å². The summed E-state index contributed by atoms with van der Waals surface area (Å²) < 4.78 is 5.12. The van der Waals surface area contributed by atoms with E-state index in [-0.39, 0.29) is 0 Å². The van der Waals surface area contributed by atoms with Gasteiger partial charge in [-0.2, -0.15) is 5.26 Å². The molecule has 0 radical (unpaired) electrons. The van der Waals surface area contributed by atoms with Crippen molar-refractivity contribution in [2.45, 2.75) is 12.5 Å². The van der Waals surface area contributed by atoms with Crippen molar-refractivity contribution < 1.29 is 24.2 Å².